The quantitative estimate of drug-likeness (QED) is 0.676. The minimum Gasteiger partial charge on any atom is -0.340 e. The Morgan fingerprint density at radius 1 is 1.00 bits per heavy atom. The number of pyridine rings is 2. The number of rotatable bonds is 3. The molecule has 0 radical (unpaired) electrons. The van der Waals surface area contributed by atoms with E-state index in [1.165, 1.54) is 25.3 Å². The number of halogens is 3. The maximum absolute atomic E-state index is 12.6. The molecule has 0 aromatic carbocycles. The highest BCUT2D eigenvalue weighted by atomic mass is 19.4. The second kappa shape index (κ2) is 6.59. The third-order valence-electron chi connectivity index (χ3n) is 4.72. The van der Waals surface area contributed by atoms with Crippen LogP contribution in [0.1, 0.15) is 49.4 Å². The molecule has 5 nitrogen and oxygen atoms in total. The molecule has 0 atom stereocenters. The lowest BCUT2D eigenvalue weighted by Gasteiger charge is -2.18. The first-order chi connectivity index (χ1) is 12.5. The zero-order valence-corrected chi connectivity index (χ0v) is 14.0. The molecule has 2 N–H and O–H groups in total. The van der Waals surface area contributed by atoms with Crippen molar-refractivity contribution in [2.24, 2.45) is 0 Å². The first kappa shape index (κ1) is 16.8. The predicted octanol–water partition coefficient (Wildman–Crippen LogP) is 5.16. The van der Waals surface area contributed by atoms with Gasteiger partial charge in [-0.15, -0.1) is 0 Å². The van der Waals surface area contributed by atoms with Gasteiger partial charge in [0.15, 0.2) is 0 Å². The van der Waals surface area contributed by atoms with Crippen molar-refractivity contribution in [3.05, 3.63) is 42.0 Å². The van der Waals surface area contributed by atoms with Crippen molar-refractivity contribution < 1.29 is 13.2 Å². The summed E-state index contributed by atoms with van der Waals surface area (Å²) in [4.78, 5) is 16.1. The van der Waals surface area contributed by atoms with E-state index in [-0.39, 0.29) is 0 Å². The minimum atomic E-state index is -4.40. The molecule has 3 aromatic heterocycles. The molecule has 1 saturated carbocycles. The van der Waals surface area contributed by atoms with E-state index in [9.17, 15) is 13.2 Å². The van der Waals surface area contributed by atoms with Crippen LogP contribution < -0.4 is 5.32 Å². The van der Waals surface area contributed by atoms with Crippen LogP contribution >= 0.6 is 0 Å². The second-order valence-electron chi connectivity index (χ2n) is 6.60. The topological polar surface area (TPSA) is 66.5 Å². The smallest absolute Gasteiger partial charge is 0.340 e. The van der Waals surface area contributed by atoms with Crippen molar-refractivity contribution in [2.45, 2.75) is 44.2 Å². The molecule has 26 heavy (non-hydrogen) atoms. The van der Waals surface area contributed by atoms with E-state index >= 15 is 0 Å². The Balaban J connectivity index is 1.53. The molecule has 0 bridgehead atoms. The van der Waals surface area contributed by atoms with Crippen LogP contribution in [0.3, 0.4) is 0 Å². The van der Waals surface area contributed by atoms with Crippen LogP contribution in [0.25, 0.3) is 11.0 Å². The summed E-state index contributed by atoms with van der Waals surface area (Å²) in [7, 11) is 0. The Bertz CT molecular complexity index is 895. The molecule has 0 unspecified atom stereocenters. The van der Waals surface area contributed by atoms with Gasteiger partial charge in [-0.1, -0.05) is 19.3 Å². The van der Waals surface area contributed by atoms with Gasteiger partial charge < -0.3 is 10.3 Å². The fourth-order valence-electron chi connectivity index (χ4n) is 3.33. The second-order valence-corrected chi connectivity index (χ2v) is 6.60. The fraction of sp³-hybridized carbons (Fsp3) is 0.389. The molecule has 1 aliphatic rings. The number of aromatic nitrogens is 4. The molecule has 1 aliphatic carbocycles. The van der Waals surface area contributed by atoms with Crippen molar-refractivity contribution in [3.63, 3.8) is 0 Å². The van der Waals surface area contributed by atoms with Crippen LogP contribution in [-0.4, -0.2) is 19.9 Å². The number of fused-ring (bicyclic) bond motifs is 1. The molecule has 0 amide bonds. The first-order valence-electron chi connectivity index (χ1n) is 8.65. The molecule has 136 valence electrons. The first-order valence-corrected chi connectivity index (χ1v) is 8.65. The molecule has 1 fully saturated rings. The molecule has 3 heterocycles. The highest BCUT2D eigenvalue weighted by molar-refractivity contribution is 5.78. The summed E-state index contributed by atoms with van der Waals surface area (Å²) in [6.07, 6.45) is 4.12. The van der Waals surface area contributed by atoms with Crippen LogP contribution in [0.15, 0.2) is 30.6 Å². The lowest BCUT2D eigenvalue weighted by Crippen LogP contribution is -2.06. The van der Waals surface area contributed by atoms with Crippen molar-refractivity contribution in [1.82, 2.24) is 19.9 Å². The van der Waals surface area contributed by atoms with Gasteiger partial charge in [0.25, 0.3) is 0 Å². The van der Waals surface area contributed by atoms with Gasteiger partial charge in [-0.05, 0) is 25.0 Å². The monoisotopic (exact) mass is 361 g/mol. The largest absolute Gasteiger partial charge is 0.417 e. The van der Waals surface area contributed by atoms with E-state index in [1.807, 2.05) is 0 Å². The van der Waals surface area contributed by atoms with E-state index in [0.717, 1.165) is 42.0 Å². The summed E-state index contributed by atoms with van der Waals surface area (Å²) in [5.74, 6) is 2.25. The average Bonchev–Trinajstić information content (AvgIpc) is 3.05. The lowest BCUT2D eigenvalue weighted by molar-refractivity contribution is -0.137. The third kappa shape index (κ3) is 3.49. The number of anilines is 2. The molecule has 4 rings (SSSR count). The number of hydrogen-bond donors (Lipinski definition) is 2. The number of alkyl halides is 3. The van der Waals surface area contributed by atoms with Crippen molar-refractivity contribution >= 4 is 22.7 Å². The van der Waals surface area contributed by atoms with Gasteiger partial charge in [-0.2, -0.15) is 13.2 Å². The van der Waals surface area contributed by atoms with Gasteiger partial charge in [0.05, 0.1) is 22.8 Å². The summed E-state index contributed by atoms with van der Waals surface area (Å²) < 4.78 is 37.8. The van der Waals surface area contributed by atoms with E-state index in [2.05, 4.69) is 25.3 Å². The van der Waals surface area contributed by atoms with E-state index in [4.69, 9.17) is 0 Å². The maximum atomic E-state index is 12.6. The van der Waals surface area contributed by atoms with Crippen LogP contribution in [0.2, 0.25) is 0 Å². The number of imidazole rings is 1. The van der Waals surface area contributed by atoms with Gasteiger partial charge in [0.1, 0.15) is 17.5 Å². The summed E-state index contributed by atoms with van der Waals surface area (Å²) >= 11 is 0. The van der Waals surface area contributed by atoms with Crippen molar-refractivity contribution in [2.75, 3.05) is 5.32 Å². The van der Waals surface area contributed by atoms with E-state index in [0.29, 0.717) is 17.6 Å². The Hall–Kier alpha value is -2.64. The standard InChI is InChI=1S/C18H18F3N5/c19-18(20,21)12-6-7-15(22-9-12)26-16-8-13-14(10-23-16)25-17(24-13)11-4-2-1-3-5-11/h6-11H,1-5H2,(H,24,25)(H,22,23,26). The highest BCUT2D eigenvalue weighted by Gasteiger charge is 2.30. The van der Waals surface area contributed by atoms with E-state index in [1.54, 1.807) is 12.3 Å². The van der Waals surface area contributed by atoms with Gasteiger partial charge in [-0.25, -0.2) is 15.0 Å². The maximum Gasteiger partial charge on any atom is 0.417 e. The Labute approximate surface area is 148 Å². The van der Waals surface area contributed by atoms with Gasteiger partial charge in [0, 0.05) is 18.2 Å². The normalized spacial score (nSPS) is 16.1. The summed E-state index contributed by atoms with van der Waals surface area (Å²) in [6, 6.07) is 4.05. The van der Waals surface area contributed by atoms with Crippen LogP contribution in [-0.2, 0) is 6.18 Å². The Morgan fingerprint density at radius 3 is 2.46 bits per heavy atom. The van der Waals surface area contributed by atoms with Gasteiger partial charge in [0.2, 0.25) is 0 Å². The molecule has 8 heteroatoms. The number of nitrogens with zero attached hydrogens (tertiary/aromatic N) is 3. The Morgan fingerprint density at radius 2 is 1.77 bits per heavy atom. The minimum absolute atomic E-state index is 0.299. The van der Waals surface area contributed by atoms with Gasteiger partial charge >= 0.3 is 6.18 Å². The number of H-pyrrole nitrogens is 1. The molecule has 0 saturated heterocycles. The van der Waals surface area contributed by atoms with Crippen molar-refractivity contribution in [3.8, 4) is 0 Å². The number of aromatic amines is 1. The summed E-state index contributed by atoms with van der Waals surface area (Å²) in [5.41, 5.74) is 0.863. The summed E-state index contributed by atoms with van der Waals surface area (Å²) in [6.45, 7) is 0. The van der Waals surface area contributed by atoms with Crippen molar-refractivity contribution in [1.29, 1.82) is 0 Å². The van der Waals surface area contributed by atoms with E-state index < -0.39 is 11.7 Å². The lowest BCUT2D eigenvalue weighted by atomic mass is 9.89. The zero-order valence-electron chi connectivity index (χ0n) is 14.0. The average molecular weight is 361 g/mol. The summed E-state index contributed by atoms with van der Waals surface area (Å²) in [5, 5.41) is 2.92. The fourth-order valence-corrected chi connectivity index (χ4v) is 3.33. The third-order valence-corrected chi connectivity index (χ3v) is 4.72. The molecular weight excluding hydrogens is 343 g/mol. The van der Waals surface area contributed by atoms with Crippen LogP contribution in [0, 0.1) is 0 Å². The zero-order chi connectivity index (χ0) is 18.1. The molecular formula is C18H18F3N5. The molecule has 0 spiro atoms. The van der Waals surface area contributed by atoms with Gasteiger partial charge in [-0.3, -0.25) is 0 Å². The molecule has 0 aliphatic heterocycles. The predicted molar refractivity (Wildman–Crippen MR) is 92.2 cm³/mol. The number of nitrogens with one attached hydrogen (secondary N) is 2. The molecule has 3 aromatic rings. The number of hydrogen-bond acceptors (Lipinski definition) is 4. The van der Waals surface area contributed by atoms with Crippen LogP contribution in [0.5, 0.6) is 0 Å². The Kier molecular flexibility index (Phi) is 4.26. The SMILES string of the molecule is FC(F)(F)c1ccc(Nc2cc3nc(C4CCCCC4)[nH]c3cn2)nc1. The highest BCUT2D eigenvalue weighted by Crippen LogP contribution is 2.32. The van der Waals surface area contributed by atoms with Crippen LogP contribution in [0.4, 0.5) is 24.8 Å².